The lowest BCUT2D eigenvalue weighted by molar-refractivity contribution is -0.133. The molecule has 4 nitrogen and oxygen atoms in total. The first-order valence-electron chi connectivity index (χ1n) is 7.39. The minimum Gasteiger partial charge on any atom is -0.448 e. The van der Waals surface area contributed by atoms with E-state index in [9.17, 15) is 4.79 Å². The molecule has 1 fully saturated rings. The van der Waals surface area contributed by atoms with Gasteiger partial charge in [0.05, 0.1) is 6.54 Å². The number of hydrogen-bond acceptors (Lipinski definition) is 3. The van der Waals surface area contributed by atoms with Gasteiger partial charge < -0.3 is 14.6 Å². The van der Waals surface area contributed by atoms with E-state index >= 15 is 0 Å². The Bertz CT molecular complexity index is 447. The van der Waals surface area contributed by atoms with Crippen molar-refractivity contribution < 1.29 is 9.21 Å². The van der Waals surface area contributed by atoms with E-state index in [1.54, 1.807) is 6.07 Å². The van der Waals surface area contributed by atoms with Crippen LogP contribution in [-0.4, -0.2) is 29.9 Å². The monoisotopic (exact) mass is 298 g/mol. The smallest absolute Gasteiger partial charge is 0.222 e. The van der Waals surface area contributed by atoms with Crippen LogP contribution in [0.1, 0.15) is 38.9 Å². The average molecular weight is 299 g/mol. The topological polar surface area (TPSA) is 45.5 Å². The molecule has 2 atom stereocenters. The molecule has 1 saturated heterocycles. The highest BCUT2D eigenvalue weighted by Gasteiger charge is 2.29. The highest BCUT2D eigenvalue weighted by Crippen LogP contribution is 2.22. The van der Waals surface area contributed by atoms with Crippen molar-refractivity contribution in [3.8, 4) is 0 Å². The van der Waals surface area contributed by atoms with Crippen molar-refractivity contribution in [2.45, 2.75) is 45.7 Å². The number of amides is 1. The summed E-state index contributed by atoms with van der Waals surface area (Å²) in [6.45, 7) is 6.51. The van der Waals surface area contributed by atoms with Gasteiger partial charge in [-0.15, -0.1) is 0 Å². The standard InChI is InChI=1S/C15H23ClN2O2/c1-3-11-10-18(15(19)4-2)8-7-13(11)17-9-12-5-6-14(16)20-12/h5-6,11,13,17H,3-4,7-10H2,1-2H3/t11-,13-/m1/s1. The van der Waals surface area contributed by atoms with Crippen LogP contribution in [0.2, 0.25) is 5.22 Å². The van der Waals surface area contributed by atoms with E-state index in [1.807, 2.05) is 17.9 Å². The number of piperidine rings is 1. The summed E-state index contributed by atoms with van der Waals surface area (Å²) < 4.78 is 5.36. The molecule has 2 rings (SSSR count). The van der Waals surface area contributed by atoms with E-state index in [0.29, 0.717) is 30.1 Å². The summed E-state index contributed by atoms with van der Waals surface area (Å²) in [7, 11) is 0. The van der Waals surface area contributed by atoms with Gasteiger partial charge in [-0.1, -0.05) is 20.3 Å². The number of likely N-dealkylation sites (tertiary alicyclic amines) is 1. The van der Waals surface area contributed by atoms with Gasteiger partial charge in [0.25, 0.3) is 0 Å². The molecule has 0 saturated carbocycles. The Morgan fingerprint density at radius 1 is 1.50 bits per heavy atom. The van der Waals surface area contributed by atoms with Gasteiger partial charge in [0.15, 0.2) is 5.22 Å². The second-order valence-corrected chi connectivity index (χ2v) is 5.72. The highest BCUT2D eigenvalue weighted by atomic mass is 35.5. The second-order valence-electron chi connectivity index (χ2n) is 5.34. The Kier molecular flexibility index (Phi) is 5.49. The van der Waals surface area contributed by atoms with E-state index in [2.05, 4.69) is 12.2 Å². The number of nitrogens with one attached hydrogen (secondary N) is 1. The van der Waals surface area contributed by atoms with E-state index in [0.717, 1.165) is 31.7 Å². The molecule has 0 aromatic carbocycles. The zero-order valence-corrected chi connectivity index (χ0v) is 12.9. The minimum absolute atomic E-state index is 0.264. The number of carbonyl (C=O) groups is 1. The summed E-state index contributed by atoms with van der Waals surface area (Å²) in [6.07, 6.45) is 2.67. The van der Waals surface area contributed by atoms with E-state index in [-0.39, 0.29) is 5.91 Å². The number of rotatable bonds is 5. The molecule has 0 unspecified atom stereocenters. The number of carbonyl (C=O) groups excluding carboxylic acids is 1. The quantitative estimate of drug-likeness (QED) is 0.909. The molecule has 20 heavy (non-hydrogen) atoms. The molecule has 1 aromatic heterocycles. The molecular weight excluding hydrogens is 276 g/mol. The van der Waals surface area contributed by atoms with Crippen molar-refractivity contribution in [3.05, 3.63) is 23.1 Å². The number of nitrogens with zero attached hydrogens (tertiary/aromatic N) is 1. The number of halogens is 1. The Labute approximate surface area is 125 Å². The summed E-state index contributed by atoms with van der Waals surface area (Å²) >= 11 is 5.77. The molecule has 1 aliphatic heterocycles. The molecule has 0 spiro atoms. The van der Waals surface area contributed by atoms with Crippen LogP contribution in [0.5, 0.6) is 0 Å². The van der Waals surface area contributed by atoms with Gasteiger partial charge in [-0.25, -0.2) is 0 Å². The predicted octanol–water partition coefficient (Wildman–Crippen LogP) is 3.06. The predicted molar refractivity (Wildman–Crippen MR) is 79.6 cm³/mol. The Morgan fingerprint density at radius 3 is 2.90 bits per heavy atom. The number of hydrogen-bond donors (Lipinski definition) is 1. The third-order valence-corrected chi connectivity index (χ3v) is 4.28. The van der Waals surface area contributed by atoms with Gasteiger partial charge in [-0.2, -0.15) is 0 Å². The lowest BCUT2D eigenvalue weighted by Gasteiger charge is -2.38. The van der Waals surface area contributed by atoms with Gasteiger partial charge >= 0.3 is 0 Å². The molecule has 0 bridgehead atoms. The van der Waals surface area contributed by atoms with Crippen LogP contribution in [0.4, 0.5) is 0 Å². The molecule has 1 amide bonds. The maximum absolute atomic E-state index is 11.8. The van der Waals surface area contributed by atoms with Crippen LogP contribution < -0.4 is 5.32 Å². The molecule has 1 aromatic rings. The van der Waals surface area contributed by atoms with Crippen molar-refractivity contribution >= 4 is 17.5 Å². The molecular formula is C15H23ClN2O2. The fourth-order valence-electron chi connectivity index (χ4n) is 2.84. The Balaban J connectivity index is 1.87. The molecule has 5 heteroatoms. The minimum atomic E-state index is 0.264. The average Bonchev–Trinajstić information content (AvgIpc) is 2.89. The first-order valence-corrected chi connectivity index (χ1v) is 7.77. The first kappa shape index (κ1) is 15.4. The fraction of sp³-hybridized carbons (Fsp3) is 0.667. The lowest BCUT2D eigenvalue weighted by Crippen LogP contribution is -2.50. The SMILES string of the molecule is CCC(=O)N1CC[C@@H](NCc2ccc(Cl)o2)[C@H](CC)C1. The normalized spacial score (nSPS) is 23.1. The maximum atomic E-state index is 11.8. The van der Waals surface area contributed by atoms with Gasteiger partial charge in [0.2, 0.25) is 5.91 Å². The van der Waals surface area contributed by atoms with Crippen LogP contribution in [0.3, 0.4) is 0 Å². The second kappa shape index (κ2) is 7.14. The Hall–Kier alpha value is -1.00. The van der Waals surface area contributed by atoms with Crippen molar-refractivity contribution in [3.63, 3.8) is 0 Å². The fourth-order valence-corrected chi connectivity index (χ4v) is 3.01. The summed E-state index contributed by atoms with van der Waals surface area (Å²) in [5.74, 6) is 1.63. The van der Waals surface area contributed by atoms with E-state index < -0.39 is 0 Å². The maximum Gasteiger partial charge on any atom is 0.222 e. The molecule has 0 radical (unpaired) electrons. The summed E-state index contributed by atoms with van der Waals surface area (Å²) in [6, 6.07) is 4.09. The largest absolute Gasteiger partial charge is 0.448 e. The summed E-state index contributed by atoms with van der Waals surface area (Å²) in [5, 5.41) is 3.97. The third kappa shape index (κ3) is 3.76. The zero-order valence-electron chi connectivity index (χ0n) is 12.2. The van der Waals surface area contributed by atoms with Gasteiger partial charge in [0, 0.05) is 25.6 Å². The van der Waals surface area contributed by atoms with Gasteiger partial charge in [-0.3, -0.25) is 4.79 Å². The van der Waals surface area contributed by atoms with Crippen LogP contribution in [0, 0.1) is 5.92 Å². The molecule has 1 N–H and O–H groups in total. The van der Waals surface area contributed by atoms with E-state index in [4.69, 9.17) is 16.0 Å². The lowest BCUT2D eigenvalue weighted by atomic mass is 9.89. The van der Waals surface area contributed by atoms with Crippen molar-refractivity contribution in [2.24, 2.45) is 5.92 Å². The van der Waals surface area contributed by atoms with Crippen molar-refractivity contribution in [2.75, 3.05) is 13.1 Å². The van der Waals surface area contributed by atoms with Crippen molar-refractivity contribution in [1.82, 2.24) is 10.2 Å². The summed E-state index contributed by atoms with van der Waals surface area (Å²) in [4.78, 5) is 13.8. The molecule has 2 heterocycles. The molecule has 1 aliphatic rings. The van der Waals surface area contributed by atoms with Crippen LogP contribution in [-0.2, 0) is 11.3 Å². The summed E-state index contributed by atoms with van der Waals surface area (Å²) in [5.41, 5.74) is 0. The van der Waals surface area contributed by atoms with E-state index in [1.165, 1.54) is 0 Å². The highest BCUT2D eigenvalue weighted by molar-refractivity contribution is 6.28. The van der Waals surface area contributed by atoms with Gasteiger partial charge in [0.1, 0.15) is 5.76 Å². The third-order valence-electron chi connectivity index (χ3n) is 4.08. The van der Waals surface area contributed by atoms with Crippen molar-refractivity contribution in [1.29, 1.82) is 0 Å². The number of furan rings is 1. The Morgan fingerprint density at radius 2 is 2.30 bits per heavy atom. The van der Waals surface area contributed by atoms with Crippen LogP contribution >= 0.6 is 11.6 Å². The molecule has 0 aliphatic carbocycles. The van der Waals surface area contributed by atoms with Crippen LogP contribution in [0.15, 0.2) is 16.5 Å². The van der Waals surface area contributed by atoms with Crippen LogP contribution in [0.25, 0.3) is 0 Å². The zero-order chi connectivity index (χ0) is 14.5. The molecule has 112 valence electrons. The first-order chi connectivity index (χ1) is 9.63. The van der Waals surface area contributed by atoms with Gasteiger partial charge in [-0.05, 0) is 36.1 Å².